The van der Waals surface area contributed by atoms with Crippen LogP contribution in [-0.4, -0.2) is 26.9 Å². The summed E-state index contributed by atoms with van der Waals surface area (Å²) in [5.41, 5.74) is 5.44. The summed E-state index contributed by atoms with van der Waals surface area (Å²) in [6.07, 6.45) is 3.01. The van der Waals surface area contributed by atoms with Crippen molar-refractivity contribution >= 4 is 11.5 Å². The van der Waals surface area contributed by atoms with Crippen molar-refractivity contribution in [3.05, 3.63) is 20.8 Å². The lowest BCUT2D eigenvalue weighted by Gasteiger charge is -2.20. The second kappa shape index (κ2) is 7.87. The highest BCUT2D eigenvalue weighted by Gasteiger charge is 2.17. The molecule has 0 aromatic carbocycles. The number of unbranched alkanes of at least 4 members (excludes halogenated alkanes) is 1. The van der Waals surface area contributed by atoms with E-state index in [1.54, 1.807) is 0 Å². The van der Waals surface area contributed by atoms with Gasteiger partial charge in [-0.15, -0.1) is 0 Å². The monoisotopic (exact) mass is 298 g/mol. The van der Waals surface area contributed by atoms with E-state index < -0.39 is 11.2 Å². The summed E-state index contributed by atoms with van der Waals surface area (Å²) in [4.78, 5) is 24.4. The van der Waals surface area contributed by atoms with Gasteiger partial charge in [0.15, 0.2) is 0 Å². The van der Waals surface area contributed by atoms with E-state index in [1.807, 2.05) is 13.8 Å². The van der Waals surface area contributed by atoms with Crippen LogP contribution in [0.5, 0.6) is 0 Å². The van der Waals surface area contributed by atoms with Gasteiger partial charge in [-0.3, -0.25) is 13.9 Å². The first-order valence-corrected chi connectivity index (χ1v) is 7.44. The smallest absolute Gasteiger partial charge is 0.332 e. The number of aliphatic hydroxyl groups is 1. The Bertz CT molecular complexity index is 577. The van der Waals surface area contributed by atoms with Crippen LogP contribution in [0.15, 0.2) is 9.59 Å². The normalized spacial score (nSPS) is 12.4. The number of aromatic nitrogens is 2. The number of nitrogens with two attached hydrogens (primary N) is 1. The van der Waals surface area contributed by atoms with Crippen molar-refractivity contribution in [3.8, 4) is 0 Å². The molecule has 0 spiro atoms. The predicted molar refractivity (Wildman–Crippen MR) is 84.7 cm³/mol. The Morgan fingerprint density at radius 1 is 1.33 bits per heavy atom. The van der Waals surface area contributed by atoms with Gasteiger partial charge in [0.2, 0.25) is 0 Å². The molecule has 0 aliphatic carbocycles. The maximum atomic E-state index is 12.2. The number of aliphatic hydroxyl groups excluding tert-OH is 1. The Morgan fingerprint density at radius 2 is 2.00 bits per heavy atom. The van der Waals surface area contributed by atoms with E-state index in [4.69, 9.17) is 10.8 Å². The highest BCUT2D eigenvalue weighted by atomic mass is 16.3. The Kier molecular flexibility index (Phi) is 6.48. The molecule has 0 fully saturated rings. The molecule has 0 radical (unpaired) electrons. The molecular formula is C14H26N4O3. The fourth-order valence-electron chi connectivity index (χ4n) is 2.19. The van der Waals surface area contributed by atoms with Crippen LogP contribution in [0.25, 0.3) is 0 Å². The zero-order chi connectivity index (χ0) is 16.0. The van der Waals surface area contributed by atoms with Crippen molar-refractivity contribution < 1.29 is 5.11 Å². The second-order valence-corrected chi connectivity index (χ2v) is 5.17. The third kappa shape index (κ3) is 3.87. The number of anilines is 2. The SMILES string of the molecule is CCCCn1c(N)c(NC(CC)CCO)c(=O)n(C)c1=O. The molecule has 0 saturated carbocycles. The number of hydrogen-bond acceptors (Lipinski definition) is 5. The average Bonchev–Trinajstić information content (AvgIpc) is 2.48. The van der Waals surface area contributed by atoms with Gasteiger partial charge in [0, 0.05) is 26.2 Å². The first kappa shape index (κ1) is 17.3. The molecular weight excluding hydrogens is 272 g/mol. The van der Waals surface area contributed by atoms with Gasteiger partial charge in [0.05, 0.1) is 0 Å². The summed E-state index contributed by atoms with van der Waals surface area (Å²) in [6, 6.07) is -0.0536. The Morgan fingerprint density at radius 3 is 2.52 bits per heavy atom. The van der Waals surface area contributed by atoms with E-state index in [0.717, 1.165) is 23.8 Å². The molecule has 1 atom stereocenters. The lowest BCUT2D eigenvalue weighted by atomic mass is 10.1. The molecule has 1 aromatic heterocycles. The number of rotatable bonds is 8. The lowest BCUT2D eigenvalue weighted by Crippen LogP contribution is -2.41. The van der Waals surface area contributed by atoms with Crippen molar-refractivity contribution in [1.82, 2.24) is 9.13 Å². The van der Waals surface area contributed by atoms with Gasteiger partial charge in [-0.05, 0) is 19.3 Å². The standard InChI is InChI=1S/C14H26N4O3/c1-4-6-8-18-12(15)11(13(20)17(3)14(18)21)16-10(5-2)7-9-19/h10,16,19H,4-9,15H2,1-3H3. The van der Waals surface area contributed by atoms with Crippen LogP contribution in [-0.2, 0) is 13.6 Å². The first-order chi connectivity index (χ1) is 9.97. The number of nitrogens with one attached hydrogen (secondary N) is 1. The van der Waals surface area contributed by atoms with Gasteiger partial charge >= 0.3 is 5.69 Å². The van der Waals surface area contributed by atoms with E-state index in [9.17, 15) is 9.59 Å². The molecule has 4 N–H and O–H groups in total. The van der Waals surface area contributed by atoms with Crippen LogP contribution in [0.2, 0.25) is 0 Å². The number of nitrogens with zero attached hydrogens (tertiary/aromatic N) is 2. The van der Waals surface area contributed by atoms with E-state index in [0.29, 0.717) is 13.0 Å². The molecule has 0 aliphatic rings. The molecule has 1 rings (SSSR count). The van der Waals surface area contributed by atoms with E-state index in [2.05, 4.69) is 5.32 Å². The first-order valence-electron chi connectivity index (χ1n) is 7.44. The average molecular weight is 298 g/mol. The van der Waals surface area contributed by atoms with E-state index in [-0.39, 0.29) is 24.2 Å². The molecule has 7 nitrogen and oxygen atoms in total. The van der Waals surface area contributed by atoms with Crippen LogP contribution >= 0.6 is 0 Å². The minimum absolute atomic E-state index is 0.0290. The van der Waals surface area contributed by atoms with Gasteiger partial charge in [-0.25, -0.2) is 4.79 Å². The summed E-state index contributed by atoms with van der Waals surface area (Å²) in [7, 11) is 1.45. The summed E-state index contributed by atoms with van der Waals surface area (Å²) in [5, 5.41) is 12.1. The highest BCUT2D eigenvalue weighted by molar-refractivity contribution is 5.61. The molecule has 0 saturated heterocycles. The predicted octanol–water partition coefficient (Wildman–Crippen LogP) is 0.502. The van der Waals surface area contributed by atoms with Crippen molar-refractivity contribution in [2.24, 2.45) is 7.05 Å². The third-order valence-corrected chi connectivity index (χ3v) is 3.64. The minimum Gasteiger partial charge on any atom is -0.396 e. The second-order valence-electron chi connectivity index (χ2n) is 5.17. The fourth-order valence-corrected chi connectivity index (χ4v) is 2.19. The van der Waals surface area contributed by atoms with Crippen molar-refractivity contribution in [2.75, 3.05) is 17.7 Å². The molecule has 7 heteroatoms. The summed E-state index contributed by atoms with van der Waals surface area (Å²) >= 11 is 0. The van der Waals surface area contributed by atoms with Crippen LogP contribution in [0.3, 0.4) is 0 Å². The van der Waals surface area contributed by atoms with E-state index in [1.165, 1.54) is 11.6 Å². The molecule has 120 valence electrons. The van der Waals surface area contributed by atoms with Crippen molar-refractivity contribution in [1.29, 1.82) is 0 Å². The molecule has 1 aromatic rings. The molecule has 0 aliphatic heterocycles. The zero-order valence-electron chi connectivity index (χ0n) is 13.1. The fraction of sp³-hybridized carbons (Fsp3) is 0.714. The van der Waals surface area contributed by atoms with Crippen LogP contribution in [0, 0.1) is 0 Å². The van der Waals surface area contributed by atoms with Crippen molar-refractivity contribution in [3.63, 3.8) is 0 Å². The number of nitrogen functional groups attached to an aromatic ring is 1. The van der Waals surface area contributed by atoms with Crippen LogP contribution in [0.1, 0.15) is 39.5 Å². The molecule has 21 heavy (non-hydrogen) atoms. The highest BCUT2D eigenvalue weighted by Crippen LogP contribution is 2.15. The molecule has 0 bridgehead atoms. The molecule has 0 amide bonds. The molecule has 1 heterocycles. The largest absolute Gasteiger partial charge is 0.396 e. The van der Waals surface area contributed by atoms with Gasteiger partial charge < -0.3 is 16.2 Å². The summed E-state index contributed by atoms with van der Waals surface area (Å²) in [6.45, 7) is 4.50. The summed E-state index contributed by atoms with van der Waals surface area (Å²) < 4.78 is 2.50. The summed E-state index contributed by atoms with van der Waals surface area (Å²) in [5.74, 6) is 0.174. The van der Waals surface area contributed by atoms with Crippen LogP contribution < -0.4 is 22.3 Å². The topological polar surface area (TPSA) is 102 Å². The van der Waals surface area contributed by atoms with Gasteiger partial charge in [-0.2, -0.15) is 0 Å². The third-order valence-electron chi connectivity index (χ3n) is 3.64. The Balaban J connectivity index is 3.28. The van der Waals surface area contributed by atoms with Crippen LogP contribution in [0.4, 0.5) is 11.5 Å². The van der Waals surface area contributed by atoms with Gasteiger partial charge in [0.25, 0.3) is 5.56 Å². The number of hydrogen-bond donors (Lipinski definition) is 3. The van der Waals surface area contributed by atoms with Crippen molar-refractivity contribution in [2.45, 2.75) is 52.1 Å². The lowest BCUT2D eigenvalue weighted by molar-refractivity contribution is 0.278. The van der Waals surface area contributed by atoms with Gasteiger partial charge in [-0.1, -0.05) is 20.3 Å². The Hall–Kier alpha value is -1.76. The minimum atomic E-state index is -0.429. The quantitative estimate of drug-likeness (QED) is 0.648. The maximum absolute atomic E-state index is 12.2. The Labute approximate surface area is 124 Å². The van der Waals surface area contributed by atoms with E-state index >= 15 is 0 Å². The maximum Gasteiger partial charge on any atom is 0.332 e. The van der Waals surface area contributed by atoms with Gasteiger partial charge in [0.1, 0.15) is 11.5 Å². The molecule has 1 unspecified atom stereocenters. The zero-order valence-corrected chi connectivity index (χ0v) is 13.1.